The summed E-state index contributed by atoms with van der Waals surface area (Å²) in [5.41, 5.74) is 0.863. The fourth-order valence-corrected chi connectivity index (χ4v) is 2.79. The fraction of sp³-hybridized carbons (Fsp3) is 0.417. The maximum absolute atomic E-state index is 10.8. The summed E-state index contributed by atoms with van der Waals surface area (Å²) in [5, 5.41) is 1.36. The van der Waals surface area contributed by atoms with Crippen molar-refractivity contribution in [2.45, 2.75) is 25.3 Å². The van der Waals surface area contributed by atoms with E-state index in [1.54, 1.807) is 0 Å². The minimum absolute atomic E-state index is 0.190. The minimum Gasteiger partial charge on any atom is -0.329 e. The lowest BCUT2D eigenvalue weighted by atomic mass is 10.1. The molecule has 0 radical (unpaired) electrons. The van der Waals surface area contributed by atoms with Gasteiger partial charge in [-0.05, 0) is 25.3 Å². The van der Waals surface area contributed by atoms with Crippen LogP contribution >= 0.6 is 11.6 Å². The van der Waals surface area contributed by atoms with Crippen LogP contribution in [0, 0.1) is 5.92 Å². The molecule has 2 aromatic rings. The Morgan fingerprint density at radius 1 is 1.41 bits per heavy atom. The second kappa shape index (κ2) is 4.11. The number of halogens is 1. The van der Waals surface area contributed by atoms with Gasteiger partial charge in [-0.25, -0.2) is 9.97 Å². The van der Waals surface area contributed by atoms with E-state index in [2.05, 4.69) is 14.5 Å². The van der Waals surface area contributed by atoms with Gasteiger partial charge in [-0.15, -0.1) is 0 Å². The van der Waals surface area contributed by atoms with Crippen LogP contribution in [-0.2, 0) is 4.79 Å². The third-order valence-electron chi connectivity index (χ3n) is 3.49. The predicted octanol–water partition coefficient (Wildman–Crippen LogP) is 2.62. The highest BCUT2D eigenvalue weighted by atomic mass is 35.5. The SMILES string of the molecule is O=CC1CCC(n2ccc3c(Cl)ncnc32)C1. The van der Waals surface area contributed by atoms with Crippen LogP contribution in [0.2, 0.25) is 5.15 Å². The van der Waals surface area contributed by atoms with E-state index < -0.39 is 0 Å². The first kappa shape index (κ1) is 10.7. The lowest BCUT2D eigenvalue weighted by molar-refractivity contribution is -0.110. The Labute approximate surface area is 104 Å². The molecule has 17 heavy (non-hydrogen) atoms. The van der Waals surface area contributed by atoms with E-state index >= 15 is 0 Å². The zero-order chi connectivity index (χ0) is 11.8. The number of carbonyl (C=O) groups is 1. The normalized spacial score (nSPS) is 24.3. The summed E-state index contributed by atoms with van der Waals surface area (Å²) in [6, 6.07) is 2.29. The number of nitrogens with zero attached hydrogens (tertiary/aromatic N) is 3. The van der Waals surface area contributed by atoms with Crippen molar-refractivity contribution in [3.63, 3.8) is 0 Å². The Balaban J connectivity index is 2.01. The van der Waals surface area contributed by atoms with Crippen molar-refractivity contribution in [3.8, 4) is 0 Å². The maximum Gasteiger partial charge on any atom is 0.145 e. The first-order valence-corrected chi connectivity index (χ1v) is 6.09. The first-order chi connectivity index (χ1) is 8.29. The molecule has 2 unspecified atom stereocenters. The van der Waals surface area contributed by atoms with E-state index in [-0.39, 0.29) is 5.92 Å². The number of aldehydes is 1. The monoisotopic (exact) mass is 249 g/mol. The smallest absolute Gasteiger partial charge is 0.145 e. The van der Waals surface area contributed by atoms with Crippen molar-refractivity contribution in [2.24, 2.45) is 5.92 Å². The molecule has 0 saturated heterocycles. The molecular weight excluding hydrogens is 238 g/mol. The Hall–Kier alpha value is -1.42. The van der Waals surface area contributed by atoms with Gasteiger partial charge in [-0.1, -0.05) is 11.6 Å². The molecule has 1 aliphatic rings. The zero-order valence-corrected chi connectivity index (χ0v) is 9.97. The van der Waals surface area contributed by atoms with Gasteiger partial charge in [0.05, 0.1) is 5.39 Å². The summed E-state index contributed by atoms with van der Waals surface area (Å²) < 4.78 is 2.12. The Kier molecular flexibility index (Phi) is 2.59. The molecule has 0 bridgehead atoms. The topological polar surface area (TPSA) is 47.8 Å². The van der Waals surface area contributed by atoms with E-state index in [9.17, 15) is 4.79 Å². The van der Waals surface area contributed by atoms with Crippen molar-refractivity contribution in [2.75, 3.05) is 0 Å². The van der Waals surface area contributed by atoms with E-state index in [1.165, 1.54) is 6.33 Å². The highest BCUT2D eigenvalue weighted by Crippen LogP contribution is 2.35. The molecule has 0 N–H and O–H groups in total. The average Bonchev–Trinajstić information content (AvgIpc) is 2.94. The van der Waals surface area contributed by atoms with Crippen molar-refractivity contribution < 1.29 is 4.79 Å². The van der Waals surface area contributed by atoms with Gasteiger partial charge in [0.1, 0.15) is 23.4 Å². The van der Waals surface area contributed by atoms with Crippen molar-refractivity contribution in [3.05, 3.63) is 23.7 Å². The van der Waals surface area contributed by atoms with Crippen LogP contribution in [0.4, 0.5) is 0 Å². The lowest BCUT2D eigenvalue weighted by Crippen LogP contribution is -2.05. The molecule has 4 nitrogen and oxygen atoms in total. The molecule has 2 heterocycles. The van der Waals surface area contributed by atoms with Crippen LogP contribution in [-0.4, -0.2) is 20.8 Å². The largest absolute Gasteiger partial charge is 0.329 e. The van der Waals surface area contributed by atoms with Crippen LogP contribution in [0.5, 0.6) is 0 Å². The number of aromatic nitrogens is 3. The van der Waals surface area contributed by atoms with E-state index in [0.717, 1.165) is 36.6 Å². The Bertz CT molecular complexity index is 566. The van der Waals surface area contributed by atoms with Gasteiger partial charge < -0.3 is 9.36 Å². The van der Waals surface area contributed by atoms with Gasteiger partial charge in [-0.3, -0.25) is 0 Å². The molecule has 3 rings (SSSR count). The van der Waals surface area contributed by atoms with Crippen molar-refractivity contribution >= 4 is 28.9 Å². The highest BCUT2D eigenvalue weighted by Gasteiger charge is 2.26. The van der Waals surface area contributed by atoms with Gasteiger partial charge in [0.15, 0.2) is 0 Å². The Morgan fingerprint density at radius 2 is 2.29 bits per heavy atom. The molecule has 5 heteroatoms. The van der Waals surface area contributed by atoms with Crippen molar-refractivity contribution in [1.29, 1.82) is 0 Å². The summed E-state index contributed by atoms with van der Waals surface area (Å²) in [6.45, 7) is 0. The van der Waals surface area contributed by atoms with Crippen LogP contribution in [0.25, 0.3) is 11.0 Å². The number of hydrogen-bond donors (Lipinski definition) is 0. The molecule has 1 aliphatic carbocycles. The maximum atomic E-state index is 10.8. The van der Waals surface area contributed by atoms with Gasteiger partial charge in [0.2, 0.25) is 0 Å². The summed E-state index contributed by atoms with van der Waals surface area (Å²) >= 11 is 6.01. The van der Waals surface area contributed by atoms with Gasteiger partial charge in [-0.2, -0.15) is 0 Å². The molecule has 0 aliphatic heterocycles. The first-order valence-electron chi connectivity index (χ1n) is 5.72. The summed E-state index contributed by atoms with van der Waals surface area (Å²) in [7, 11) is 0. The van der Waals surface area contributed by atoms with E-state index in [1.807, 2.05) is 12.3 Å². The van der Waals surface area contributed by atoms with Crippen LogP contribution in [0.15, 0.2) is 18.6 Å². The molecule has 88 valence electrons. The molecule has 0 aromatic carbocycles. The third kappa shape index (κ3) is 1.72. The molecule has 1 saturated carbocycles. The van der Waals surface area contributed by atoms with Gasteiger partial charge in [0, 0.05) is 18.2 Å². The average molecular weight is 250 g/mol. The number of hydrogen-bond acceptors (Lipinski definition) is 3. The molecule has 1 fully saturated rings. The second-order valence-corrected chi connectivity index (χ2v) is 4.85. The standard InChI is InChI=1S/C12H12ClN3O/c13-11-10-3-4-16(12(10)15-7-14-11)9-2-1-8(5-9)6-17/h3-4,6-9H,1-2,5H2. The number of rotatable bonds is 2. The molecule has 2 atom stereocenters. The van der Waals surface area contributed by atoms with Gasteiger partial charge in [0.25, 0.3) is 0 Å². The highest BCUT2D eigenvalue weighted by molar-refractivity contribution is 6.33. The van der Waals surface area contributed by atoms with Gasteiger partial charge >= 0.3 is 0 Å². The molecular formula is C12H12ClN3O. The third-order valence-corrected chi connectivity index (χ3v) is 3.79. The minimum atomic E-state index is 0.190. The molecule has 2 aromatic heterocycles. The van der Waals surface area contributed by atoms with Crippen LogP contribution in [0.1, 0.15) is 25.3 Å². The number of fused-ring (bicyclic) bond motifs is 1. The van der Waals surface area contributed by atoms with E-state index in [4.69, 9.17) is 11.6 Å². The summed E-state index contributed by atoms with van der Waals surface area (Å²) in [4.78, 5) is 19.0. The lowest BCUT2D eigenvalue weighted by Gasteiger charge is -2.12. The predicted molar refractivity (Wildman–Crippen MR) is 65.0 cm³/mol. The quantitative estimate of drug-likeness (QED) is 0.607. The fourth-order valence-electron chi connectivity index (χ4n) is 2.60. The molecule has 0 amide bonds. The number of carbonyl (C=O) groups excluding carboxylic acids is 1. The molecule has 0 spiro atoms. The zero-order valence-electron chi connectivity index (χ0n) is 9.21. The second-order valence-electron chi connectivity index (χ2n) is 4.49. The summed E-state index contributed by atoms with van der Waals surface area (Å²) in [5.74, 6) is 0.190. The van der Waals surface area contributed by atoms with Crippen molar-refractivity contribution in [1.82, 2.24) is 14.5 Å². The van der Waals surface area contributed by atoms with E-state index in [0.29, 0.717) is 11.2 Å². The van der Waals surface area contributed by atoms with Crippen LogP contribution < -0.4 is 0 Å². The Morgan fingerprint density at radius 3 is 3.06 bits per heavy atom. The van der Waals surface area contributed by atoms with Crippen LogP contribution in [0.3, 0.4) is 0 Å². The summed E-state index contributed by atoms with van der Waals surface area (Å²) in [6.07, 6.45) is 7.42.